The van der Waals surface area contributed by atoms with Gasteiger partial charge in [-0.15, -0.1) is 0 Å². The van der Waals surface area contributed by atoms with Crippen molar-refractivity contribution in [2.24, 2.45) is 5.41 Å². The van der Waals surface area contributed by atoms with E-state index >= 15 is 0 Å². The number of carbonyl (C=O) groups is 2. The zero-order valence-corrected chi connectivity index (χ0v) is 14.7. The molecule has 1 aromatic rings. The zero-order chi connectivity index (χ0) is 17.8. The number of carboxylic acids is 1. The summed E-state index contributed by atoms with van der Waals surface area (Å²) in [6.07, 6.45) is 2.03. The molecule has 2 rings (SSSR count). The fourth-order valence-corrected chi connectivity index (χ4v) is 2.71. The van der Waals surface area contributed by atoms with Gasteiger partial charge in [0.1, 0.15) is 5.60 Å². The molecule has 1 saturated carbocycles. The van der Waals surface area contributed by atoms with E-state index in [0.717, 1.165) is 18.4 Å². The predicted octanol–water partition coefficient (Wildman–Crippen LogP) is 3.09. The smallest absolute Gasteiger partial charge is 0.320 e. The zero-order valence-electron chi connectivity index (χ0n) is 14.7. The third kappa shape index (κ3) is 5.64. The Morgan fingerprint density at radius 3 is 2.33 bits per heavy atom. The summed E-state index contributed by atoms with van der Waals surface area (Å²) in [6, 6.07) is 9.88. The van der Waals surface area contributed by atoms with Crippen LogP contribution >= 0.6 is 0 Å². The molecule has 1 aromatic carbocycles. The van der Waals surface area contributed by atoms with E-state index < -0.39 is 17.0 Å². The first kappa shape index (κ1) is 18.5. The summed E-state index contributed by atoms with van der Waals surface area (Å²) in [6.45, 7) is 6.88. The average molecular weight is 333 g/mol. The summed E-state index contributed by atoms with van der Waals surface area (Å²) >= 11 is 0. The maximum Gasteiger partial charge on any atom is 0.320 e. The van der Waals surface area contributed by atoms with Crippen molar-refractivity contribution in [2.45, 2.75) is 52.2 Å². The number of hydrogen-bond acceptors (Lipinski definition) is 4. The minimum atomic E-state index is -0.723. The van der Waals surface area contributed by atoms with E-state index in [0.29, 0.717) is 19.5 Å². The molecular formula is C19H27NO4. The van der Waals surface area contributed by atoms with Crippen LogP contribution in [0.5, 0.6) is 0 Å². The molecule has 0 atom stereocenters. The van der Waals surface area contributed by atoms with Gasteiger partial charge in [-0.05, 0) is 45.6 Å². The van der Waals surface area contributed by atoms with E-state index in [-0.39, 0.29) is 12.5 Å². The molecule has 0 aromatic heterocycles. The van der Waals surface area contributed by atoms with Crippen molar-refractivity contribution in [3.8, 4) is 0 Å². The van der Waals surface area contributed by atoms with Gasteiger partial charge in [-0.2, -0.15) is 0 Å². The maximum atomic E-state index is 12.2. The number of esters is 1. The Kier molecular flexibility index (Phi) is 5.65. The molecule has 0 aliphatic heterocycles. The van der Waals surface area contributed by atoms with Gasteiger partial charge in [0.15, 0.2) is 0 Å². The quantitative estimate of drug-likeness (QED) is 0.741. The molecule has 0 radical (unpaired) electrons. The Morgan fingerprint density at radius 2 is 1.83 bits per heavy atom. The number of nitrogens with zero attached hydrogens (tertiary/aromatic N) is 1. The largest absolute Gasteiger partial charge is 0.481 e. The van der Waals surface area contributed by atoms with Gasteiger partial charge in [-0.25, -0.2) is 0 Å². The number of hydrogen-bond donors (Lipinski definition) is 1. The van der Waals surface area contributed by atoms with E-state index in [1.807, 2.05) is 56.0 Å². The van der Waals surface area contributed by atoms with Crippen molar-refractivity contribution < 1.29 is 19.4 Å². The molecule has 1 N–H and O–H groups in total. The Morgan fingerprint density at radius 1 is 1.21 bits per heavy atom. The first-order valence-electron chi connectivity index (χ1n) is 8.42. The molecule has 5 heteroatoms. The van der Waals surface area contributed by atoms with Crippen molar-refractivity contribution in [1.29, 1.82) is 0 Å². The van der Waals surface area contributed by atoms with Gasteiger partial charge < -0.3 is 9.84 Å². The van der Waals surface area contributed by atoms with Crippen LogP contribution in [-0.2, 0) is 20.9 Å². The summed E-state index contributed by atoms with van der Waals surface area (Å²) in [7, 11) is 0. The van der Waals surface area contributed by atoms with Crippen molar-refractivity contribution >= 4 is 11.9 Å². The molecule has 0 unspecified atom stereocenters. The molecule has 0 heterocycles. The molecule has 1 aliphatic carbocycles. The minimum Gasteiger partial charge on any atom is -0.481 e. The summed E-state index contributed by atoms with van der Waals surface area (Å²) < 4.78 is 5.40. The maximum absolute atomic E-state index is 12.2. The summed E-state index contributed by atoms with van der Waals surface area (Å²) in [5, 5.41) is 9.33. The van der Waals surface area contributed by atoms with Crippen LogP contribution < -0.4 is 0 Å². The highest BCUT2D eigenvalue weighted by atomic mass is 16.6. The lowest BCUT2D eigenvalue weighted by Gasteiger charge is -2.26. The second kappa shape index (κ2) is 7.34. The van der Waals surface area contributed by atoms with Crippen molar-refractivity contribution in [1.82, 2.24) is 4.90 Å². The van der Waals surface area contributed by atoms with Crippen LogP contribution in [0.25, 0.3) is 0 Å². The van der Waals surface area contributed by atoms with E-state index in [2.05, 4.69) is 0 Å². The van der Waals surface area contributed by atoms with Crippen LogP contribution in [0, 0.1) is 5.41 Å². The van der Waals surface area contributed by atoms with Gasteiger partial charge in [0.05, 0.1) is 12.0 Å². The summed E-state index contributed by atoms with van der Waals surface area (Å²) in [5.41, 5.74) is -0.00169. The van der Waals surface area contributed by atoms with Gasteiger partial charge in [0.25, 0.3) is 0 Å². The lowest BCUT2D eigenvalue weighted by Crippen LogP contribution is -2.36. The molecule has 0 spiro atoms. The molecular weight excluding hydrogens is 306 g/mol. The number of benzene rings is 1. The van der Waals surface area contributed by atoms with Crippen LogP contribution in [0.2, 0.25) is 0 Å². The van der Waals surface area contributed by atoms with Gasteiger partial charge in [0.2, 0.25) is 0 Å². The van der Waals surface area contributed by atoms with Gasteiger partial charge >= 0.3 is 11.9 Å². The van der Waals surface area contributed by atoms with Crippen LogP contribution in [0.15, 0.2) is 30.3 Å². The average Bonchev–Trinajstić information content (AvgIpc) is 3.25. The van der Waals surface area contributed by atoms with E-state index in [9.17, 15) is 14.7 Å². The lowest BCUT2D eigenvalue weighted by atomic mass is 10.0. The van der Waals surface area contributed by atoms with Crippen molar-refractivity contribution in [2.75, 3.05) is 13.1 Å². The third-order valence-corrected chi connectivity index (χ3v) is 4.24. The second-order valence-corrected chi connectivity index (χ2v) is 7.62. The van der Waals surface area contributed by atoms with Gasteiger partial charge in [-0.1, -0.05) is 30.3 Å². The van der Waals surface area contributed by atoms with Crippen LogP contribution in [0.4, 0.5) is 0 Å². The first-order valence-corrected chi connectivity index (χ1v) is 8.42. The molecule has 1 aliphatic rings. The number of carbonyl (C=O) groups excluding carboxylic acids is 1. The van der Waals surface area contributed by atoms with E-state index in [4.69, 9.17) is 4.74 Å². The van der Waals surface area contributed by atoms with Crippen molar-refractivity contribution in [3.63, 3.8) is 0 Å². The Hall–Kier alpha value is -1.88. The highest BCUT2D eigenvalue weighted by molar-refractivity contribution is 5.77. The lowest BCUT2D eigenvalue weighted by molar-refractivity contribution is -0.156. The Labute approximate surface area is 143 Å². The fourth-order valence-electron chi connectivity index (χ4n) is 2.71. The normalized spacial score (nSPS) is 16.0. The topological polar surface area (TPSA) is 66.8 Å². The summed E-state index contributed by atoms with van der Waals surface area (Å²) in [5.74, 6) is -1.00. The molecule has 5 nitrogen and oxygen atoms in total. The van der Waals surface area contributed by atoms with Crippen LogP contribution in [-0.4, -0.2) is 40.6 Å². The number of carboxylic acid groups (broad SMARTS) is 1. The predicted molar refractivity (Wildman–Crippen MR) is 91.5 cm³/mol. The Balaban J connectivity index is 1.98. The monoisotopic (exact) mass is 333 g/mol. The number of rotatable bonds is 8. The standard InChI is InChI=1S/C19H27NO4/c1-18(2,3)24-16(21)14-20(13-15-7-5-4-6-8-15)12-11-19(9-10-19)17(22)23/h4-8H,9-14H2,1-3H3,(H,22,23). The van der Waals surface area contributed by atoms with Gasteiger partial charge in [-0.3, -0.25) is 14.5 Å². The molecule has 0 bridgehead atoms. The van der Waals surface area contributed by atoms with E-state index in [1.165, 1.54) is 0 Å². The second-order valence-electron chi connectivity index (χ2n) is 7.62. The number of ether oxygens (including phenoxy) is 1. The molecule has 1 fully saturated rings. The Bertz CT molecular complexity index is 573. The van der Waals surface area contributed by atoms with Crippen molar-refractivity contribution in [3.05, 3.63) is 35.9 Å². The van der Waals surface area contributed by atoms with E-state index in [1.54, 1.807) is 0 Å². The van der Waals surface area contributed by atoms with Crippen LogP contribution in [0.1, 0.15) is 45.6 Å². The highest BCUT2D eigenvalue weighted by Gasteiger charge is 2.49. The van der Waals surface area contributed by atoms with Gasteiger partial charge in [0, 0.05) is 13.1 Å². The fraction of sp³-hybridized carbons (Fsp3) is 0.579. The third-order valence-electron chi connectivity index (χ3n) is 4.24. The van der Waals surface area contributed by atoms with Crippen LogP contribution in [0.3, 0.4) is 0 Å². The molecule has 24 heavy (non-hydrogen) atoms. The molecule has 0 amide bonds. The molecule has 0 saturated heterocycles. The summed E-state index contributed by atoms with van der Waals surface area (Å²) in [4.78, 5) is 25.5. The first-order chi connectivity index (χ1) is 11.2. The molecule has 132 valence electrons. The SMILES string of the molecule is CC(C)(C)OC(=O)CN(CCC1(C(=O)O)CC1)Cc1ccccc1. The highest BCUT2D eigenvalue weighted by Crippen LogP contribution is 2.49. The number of aliphatic carboxylic acids is 1. The minimum absolute atomic E-state index is 0.169.